The molecule has 0 bridgehead atoms. The maximum Gasteiger partial charge on any atom is 0.274 e. The van der Waals surface area contributed by atoms with E-state index in [9.17, 15) is 4.79 Å². The van der Waals surface area contributed by atoms with Gasteiger partial charge in [0.2, 0.25) is 5.95 Å². The fourth-order valence-electron chi connectivity index (χ4n) is 2.16. The maximum atomic E-state index is 11.9. The Kier molecular flexibility index (Phi) is 3.18. The SMILES string of the molecule is COCc1cc(=O)n2[nH]c(N3CCNCC3)nc2n1. The number of H-pyrrole nitrogens is 1. The summed E-state index contributed by atoms with van der Waals surface area (Å²) in [4.78, 5) is 22.7. The summed E-state index contributed by atoms with van der Waals surface area (Å²) in [6.07, 6.45) is 0. The number of hydrogen-bond acceptors (Lipinski definition) is 6. The van der Waals surface area contributed by atoms with E-state index in [0.717, 1.165) is 26.2 Å². The van der Waals surface area contributed by atoms with Crippen LogP contribution in [0.1, 0.15) is 5.69 Å². The summed E-state index contributed by atoms with van der Waals surface area (Å²) in [5.41, 5.74) is 0.414. The van der Waals surface area contributed by atoms with Gasteiger partial charge < -0.3 is 15.0 Å². The topological polar surface area (TPSA) is 87.5 Å². The Morgan fingerprint density at radius 1 is 1.37 bits per heavy atom. The van der Waals surface area contributed by atoms with Gasteiger partial charge in [0, 0.05) is 39.4 Å². The number of anilines is 1. The molecule has 102 valence electrons. The number of aromatic amines is 1. The molecule has 0 amide bonds. The average molecular weight is 264 g/mol. The molecule has 0 saturated carbocycles. The van der Waals surface area contributed by atoms with Crippen LogP contribution in [0.2, 0.25) is 0 Å². The van der Waals surface area contributed by atoms with Crippen molar-refractivity contribution in [2.45, 2.75) is 6.61 Å². The molecule has 0 radical (unpaired) electrons. The van der Waals surface area contributed by atoms with E-state index >= 15 is 0 Å². The molecule has 2 aromatic rings. The summed E-state index contributed by atoms with van der Waals surface area (Å²) in [5.74, 6) is 1.06. The number of nitrogens with one attached hydrogen (secondary N) is 2. The van der Waals surface area contributed by atoms with E-state index in [0.29, 0.717) is 24.0 Å². The highest BCUT2D eigenvalue weighted by atomic mass is 16.5. The van der Waals surface area contributed by atoms with Crippen LogP contribution >= 0.6 is 0 Å². The predicted molar refractivity (Wildman–Crippen MR) is 69.4 cm³/mol. The molecule has 3 heterocycles. The first kappa shape index (κ1) is 12.1. The number of rotatable bonds is 3. The van der Waals surface area contributed by atoms with Gasteiger partial charge in [0.25, 0.3) is 11.3 Å². The standard InChI is InChI=1S/C11H16N6O2/c1-19-7-8-6-9(18)17-10(13-8)14-11(15-17)16-4-2-12-3-5-16/h6,12H,2-5,7H2,1H3,(H,13,14,15). The molecule has 2 N–H and O–H groups in total. The molecule has 1 aliphatic heterocycles. The van der Waals surface area contributed by atoms with Crippen LogP contribution in [-0.4, -0.2) is 52.9 Å². The third-order valence-corrected chi connectivity index (χ3v) is 3.08. The first-order valence-electron chi connectivity index (χ1n) is 6.21. The highest BCUT2D eigenvalue weighted by Gasteiger charge is 2.15. The molecule has 0 spiro atoms. The summed E-state index contributed by atoms with van der Waals surface area (Å²) in [6.45, 7) is 3.85. The molecule has 0 unspecified atom stereocenters. The second-order valence-corrected chi connectivity index (χ2v) is 4.44. The van der Waals surface area contributed by atoms with Crippen molar-refractivity contribution in [1.82, 2.24) is 24.9 Å². The second-order valence-electron chi connectivity index (χ2n) is 4.44. The van der Waals surface area contributed by atoms with Gasteiger partial charge in [0.1, 0.15) is 0 Å². The third kappa shape index (κ3) is 2.32. The van der Waals surface area contributed by atoms with Crippen LogP contribution in [0.3, 0.4) is 0 Å². The minimum absolute atomic E-state index is 0.175. The number of nitrogens with zero attached hydrogens (tertiary/aromatic N) is 4. The van der Waals surface area contributed by atoms with E-state index in [1.807, 2.05) is 0 Å². The fourth-order valence-corrected chi connectivity index (χ4v) is 2.16. The molecule has 0 atom stereocenters. The number of aromatic nitrogens is 4. The third-order valence-electron chi connectivity index (χ3n) is 3.08. The highest BCUT2D eigenvalue weighted by molar-refractivity contribution is 5.39. The van der Waals surface area contributed by atoms with E-state index < -0.39 is 0 Å². The summed E-state index contributed by atoms with van der Waals surface area (Å²) in [7, 11) is 1.57. The molecule has 8 heteroatoms. The fraction of sp³-hybridized carbons (Fsp3) is 0.545. The minimum atomic E-state index is -0.175. The van der Waals surface area contributed by atoms with Gasteiger partial charge in [0.05, 0.1) is 12.3 Å². The van der Waals surface area contributed by atoms with Crippen molar-refractivity contribution in [1.29, 1.82) is 0 Å². The lowest BCUT2D eigenvalue weighted by molar-refractivity contribution is 0.181. The number of fused-ring (bicyclic) bond motifs is 1. The summed E-state index contributed by atoms with van der Waals surface area (Å²) in [5, 5.41) is 6.26. The van der Waals surface area contributed by atoms with Gasteiger partial charge in [-0.25, -0.2) is 4.98 Å². The van der Waals surface area contributed by atoms with Gasteiger partial charge in [-0.1, -0.05) is 0 Å². The van der Waals surface area contributed by atoms with Crippen LogP contribution in [0.15, 0.2) is 10.9 Å². The number of methoxy groups -OCH3 is 1. The highest BCUT2D eigenvalue weighted by Crippen LogP contribution is 2.09. The molecule has 2 aromatic heterocycles. The van der Waals surface area contributed by atoms with Gasteiger partial charge in [-0.2, -0.15) is 9.50 Å². The lowest BCUT2D eigenvalue weighted by atomic mass is 10.4. The van der Waals surface area contributed by atoms with Crippen LogP contribution in [0.25, 0.3) is 5.78 Å². The average Bonchev–Trinajstić information content (AvgIpc) is 2.85. The van der Waals surface area contributed by atoms with Gasteiger partial charge in [-0.3, -0.25) is 9.89 Å². The molecule has 1 aliphatic rings. The normalized spacial score (nSPS) is 16.2. The Morgan fingerprint density at radius 3 is 2.89 bits per heavy atom. The van der Waals surface area contributed by atoms with Crippen molar-refractivity contribution in [2.75, 3.05) is 38.2 Å². The van der Waals surface area contributed by atoms with E-state index in [4.69, 9.17) is 4.74 Å². The second kappa shape index (κ2) is 4.98. The molecule has 0 aromatic carbocycles. The lowest BCUT2D eigenvalue weighted by Gasteiger charge is -2.26. The summed E-state index contributed by atoms with van der Waals surface area (Å²) in [6, 6.07) is 1.45. The number of hydrogen-bond donors (Lipinski definition) is 2. The number of ether oxygens (including phenoxy) is 1. The zero-order valence-corrected chi connectivity index (χ0v) is 10.7. The molecular weight excluding hydrogens is 248 g/mol. The van der Waals surface area contributed by atoms with Crippen molar-refractivity contribution >= 4 is 11.7 Å². The van der Waals surface area contributed by atoms with Crippen molar-refractivity contribution in [2.24, 2.45) is 0 Å². The van der Waals surface area contributed by atoms with Crippen molar-refractivity contribution in [3.8, 4) is 0 Å². The Labute approximate surface area is 109 Å². The molecule has 1 fully saturated rings. The molecule has 1 saturated heterocycles. The smallest absolute Gasteiger partial charge is 0.274 e. The molecule has 0 aliphatic carbocycles. The van der Waals surface area contributed by atoms with Crippen LogP contribution in [-0.2, 0) is 11.3 Å². The largest absolute Gasteiger partial charge is 0.378 e. The van der Waals surface area contributed by atoms with E-state index in [2.05, 4.69) is 25.3 Å². The summed E-state index contributed by atoms with van der Waals surface area (Å²) < 4.78 is 6.35. The Balaban J connectivity index is 1.99. The van der Waals surface area contributed by atoms with Crippen LogP contribution in [0, 0.1) is 0 Å². The van der Waals surface area contributed by atoms with E-state index in [1.54, 1.807) is 7.11 Å². The summed E-state index contributed by atoms with van der Waals surface area (Å²) >= 11 is 0. The van der Waals surface area contributed by atoms with Gasteiger partial charge in [-0.15, -0.1) is 0 Å². The molecule has 8 nitrogen and oxygen atoms in total. The lowest BCUT2D eigenvalue weighted by Crippen LogP contribution is -2.44. The first-order chi connectivity index (χ1) is 9.28. The Morgan fingerprint density at radius 2 is 2.16 bits per heavy atom. The van der Waals surface area contributed by atoms with Crippen molar-refractivity contribution in [3.63, 3.8) is 0 Å². The van der Waals surface area contributed by atoms with E-state index in [1.165, 1.54) is 10.6 Å². The maximum absolute atomic E-state index is 11.9. The van der Waals surface area contributed by atoms with Crippen molar-refractivity contribution in [3.05, 3.63) is 22.1 Å². The minimum Gasteiger partial charge on any atom is -0.378 e. The van der Waals surface area contributed by atoms with Crippen molar-refractivity contribution < 1.29 is 4.74 Å². The van der Waals surface area contributed by atoms with Gasteiger partial charge in [-0.05, 0) is 0 Å². The Hall–Kier alpha value is -1.93. The first-order valence-corrected chi connectivity index (χ1v) is 6.21. The molecular formula is C11H16N6O2. The van der Waals surface area contributed by atoms with Crippen LogP contribution < -0.4 is 15.8 Å². The zero-order chi connectivity index (χ0) is 13.2. The number of piperazine rings is 1. The van der Waals surface area contributed by atoms with Crippen LogP contribution in [0.4, 0.5) is 5.95 Å². The quantitative estimate of drug-likeness (QED) is 0.737. The molecule has 19 heavy (non-hydrogen) atoms. The zero-order valence-electron chi connectivity index (χ0n) is 10.7. The molecule has 3 rings (SSSR count). The van der Waals surface area contributed by atoms with E-state index in [-0.39, 0.29) is 5.56 Å². The van der Waals surface area contributed by atoms with Gasteiger partial charge in [0.15, 0.2) is 0 Å². The Bertz CT molecular complexity index is 628. The van der Waals surface area contributed by atoms with Gasteiger partial charge >= 0.3 is 0 Å². The monoisotopic (exact) mass is 264 g/mol. The predicted octanol–water partition coefficient (Wildman–Crippen LogP) is -1.03. The van der Waals surface area contributed by atoms with Crippen LogP contribution in [0.5, 0.6) is 0 Å².